The summed E-state index contributed by atoms with van der Waals surface area (Å²) >= 11 is 0. The Kier molecular flexibility index (Phi) is 4.95. The minimum absolute atomic E-state index is 0.0522. The number of carbonyl (C=O) groups is 2. The van der Waals surface area contributed by atoms with Gasteiger partial charge in [-0.05, 0) is 18.2 Å². The van der Waals surface area contributed by atoms with Gasteiger partial charge in [-0.15, -0.1) is 0 Å². The van der Waals surface area contributed by atoms with Crippen molar-refractivity contribution in [2.45, 2.75) is 6.42 Å². The Labute approximate surface area is 117 Å². The predicted octanol–water partition coefficient (Wildman–Crippen LogP) is 0.709. The molecule has 0 aliphatic carbocycles. The average molecular weight is 278 g/mol. The Balaban J connectivity index is 1.80. The molecule has 0 aromatic heterocycles. The maximum absolute atomic E-state index is 11.9. The highest BCUT2D eigenvalue weighted by Crippen LogP contribution is 2.22. The molecule has 0 unspecified atom stereocenters. The van der Waals surface area contributed by atoms with E-state index in [0.29, 0.717) is 49.7 Å². The average Bonchev–Trinajstić information content (AvgIpc) is 2.49. The molecule has 1 aliphatic heterocycles. The molecule has 0 spiro atoms. The summed E-state index contributed by atoms with van der Waals surface area (Å²) in [7, 11) is 0. The van der Waals surface area contributed by atoms with Crippen molar-refractivity contribution >= 4 is 17.9 Å². The lowest BCUT2D eigenvalue weighted by Gasteiger charge is -2.26. The van der Waals surface area contributed by atoms with Crippen LogP contribution in [0.2, 0.25) is 0 Å². The first-order valence-corrected chi connectivity index (χ1v) is 6.53. The molecule has 20 heavy (non-hydrogen) atoms. The molecule has 0 bridgehead atoms. The van der Waals surface area contributed by atoms with E-state index in [1.165, 1.54) is 0 Å². The van der Waals surface area contributed by atoms with Crippen molar-refractivity contribution in [2.75, 3.05) is 38.6 Å². The van der Waals surface area contributed by atoms with Crippen LogP contribution in [0.15, 0.2) is 18.2 Å². The number of rotatable bonds is 5. The van der Waals surface area contributed by atoms with E-state index in [-0.39, 0.29) is 12.5 Å². The molecule has 1 saturated heterocycles. The van der Waals surface area contributed by atoms with Crippen LogP contribution in [0.5, 0.6) is 5.75 Å². The number of morpholine rings is 1. The fourth-order valence-electron chi connectivity index (χ4n) is 1.99. The smallest absolute Gasteiger partial charge is 0.226 e. The fourth-order valence-corrected chi connectivity index (χ4v) is 1.99. The molecule has 2 N–H and O–H groups in total. The van der Waals surface area contributed by atoms with Crippen molar-refractivity contribution in [1.29, 1.82) is 0 Å². The van der Waals surface area contributed by atoms with Gasteiger partial charge in [0.1, 0.15) is 12.0 Å². The zero-order valence-corrected chi connectivity index (χ0v) is 11.2. The van der Waals surface area contributed by atoms with Crippen LogP contribution in [0.4, 0.5) is 5.69 Å². The number of anilines is 1. The maximum Gasteiger partial charge on any atom is 0.226 e. The molecule has 1 fully saturated rings. The number of amides is 1. The van der Waals surface area contributed by atoms with E-state index < -0.39 is 0 Å². The summed E-state index contributed by atoms with van der Waals surface area (Å²) in [6.07, 6.45) is 1.02. The number of benzene rings is 1. The van der Waals surface area contributed by atoms with Crippen LogP contribution >= 0.6 is 0 Å². The van der Waals surface area contributed by atoms with Gasteiger partial charge in [-0.3, -0.25) is 9.59 Å². The number of nitrogens with two attached hydrogens (primary N) is 1. The zero-order chi connectivity index (χ0) is 14.4. The van der Waals surface area contributed by atoms with Gasteiger partial charge in [0.2, 0.25) is 5.91 Å². The summed E-state index contributed by atoms with van der Waals surface area (Å²) in [5.74, 6) is 0.543. The molecule has 6 heteroatoms. The molecule has 1 heterocycles. The van der Waals surface area contributed by atoms with Crippen molar-refractivity contribution in [3.63, 3.8) is 0 Å². The van der Waals surface area contributed by atoms with Gasteiger partial charge in [0.15, 0.2) is 0 Å². The largest absolute Gasteiger partial charge is 0.491 e. The van der Waals surface area contributed by atoms with Crippen LogP contribution in [0.1, 0.15) is 16.8 Å². The molecular weight excluding hydrogens is 260 g/mol. The lowest BCUT2D eigenvalue weighted by molar-refractivity contribution is -0.135. The predicted molar refractivity (Wildman–Crippen MR) is 73.8 cm³/mol. The number of carbonyl (C=O) groups excluding carboxylic acids is 2. The van der Waals surface area contributed by atoms with Gasteiger partial charge in [0, 0.05) is 18.7 Å². The number of hydrogen-bond acceptors (Lipinski definition) is 5. The third-order valence-electron chi connectivity index (χ3n) is 3.11. The van der Waals surface area contributed by atoms with Crippen LogP contribution in [0.25, 0.3) is 0 Å². The van der Waals surface area contributed by atoms with Gasteiger partial charge < -0.3 is 20.1 Å². The molecule has 6 nitrogen and oxygen atoms in total. The van der Waals surface area contributed by atoms with Crippen LogP contribution in [0.3, 0.4) is 0 Å². The van der Waals surface area contributed by atoms with Crippen molar-refractivity contribution in [1.82, 2.24) is 4.90 Å². The highest BCUT2D eigenvalue weighted by molar-refractivity contribution is 5.78. The number of hydrogen-bond donors (Lipinski definition) is 1. The van der Waals surface area contributed by atoms with E-state index in [9.17, 15) is 9.59 Å². The summed E-state index contributed by atoms with van der Waals surface area (Å²) in [6.45, 7) is 2.71. The minimum Gasteiger partial charge on any atom is -0.491 e. The number of aldehydes is 1. The van der Waals surface area contributed by atoms with E-state index in [4.69, 9.17) is 15.2 Å². The molecule has 1 aliphatic rings. The van der Waals surface area contributed by atoms with Gasteiger partial charge in [-0.2, -0.15) is 0 Å². The van der Waals surface area contributed by atoms with Gasteiger partial charge in [-0.1, -0.05) is 0 Å². The Morgan fingerprint density at radius 2 is 2.15 bits per heavy atom. The van der Waals surface area contributed by atoms with E-state index in [0.717, 1.165) is 6.29 Å². The van der Waals surface area contributed by atoms with Gasteiger partial charge >= 0.3 is 0 Å². The van der Waals surface area contributed by atoms with E-state index in [1.54, 1.807) is 23.1 Å². The summed E-state index contributed by atoms with van der Waals surface area (Å²) in [5, 5.41) is 0. The highest BCUT2D eigenvalue weighted by Gasteiger charge is 2.16. The van der Waals surface area contributed by atoms with Crippen molar-refractivity contribution in [2.24, 2.45) is 0 Å². The second-order valence-electron chi connectivity index (χ2n) is 4.51. The first kappa shape index (κ1) is 14.3. The fraction of sp³-hybridized carbons (Fsp3) is 0.429. The van der Waals surface area contributed by atoms with Crippen LogP contribution in [0, 0.1) is 0 Å². The summed E-state index contributed by atoms with van der Waals surface area (Å²) < 4.78 is 10.7. The monoisotopic (exact) mass is 278 g/mol. The second-order valence-corrected chi connectivity index (χ2v) is 4.51. The first-order chi connectivity index (χ1) is 9.70. The minimum atomic E-state index is 0.0522. The normalized spacial score (nSPS) is 14.9. The van der Waals surface area contributed by atoms with Crippen molar-refractivity contribution < 1.29 is 19.1 Å². The number of nitrogens with zero attached hydrogens (tertiary/aromatic N) is 1. The molecular formula is C14H18N2O4. The number of ether oxygens (including phenoxy) is 2. The Hall–Kier alpha value is -2.08. The maximum atomic E-state index is 11.9. The second kappa shape index (κ2) is 6.91. The zero-order valence-electron chi connectivity index (χ0n) is 11.2. The quantitative estimate of drug-likeness (QED) is 0.633. The Morgan fingerprint density at radius 3 is 2.80 bits per heavy atom. The molecule has 2 rings (SSSR count). The number of nitrogen functional groups attached to an aromatic ring is 1. The Morgan fingerprint density at radius 1 is 1.40 bits per heavy atom. The molecule has 0 atom stereocenters. The van der Waals surface area contributed by atoms with E-state index >= 15 is 0 Å². The summed E-state index contributed by atoms with van der Waals surface area (Å²) in [6, 6.07) is 4.81. The summed E-state index contributed by atoms with van der Waals surface area (Å²) in [4.78, 5) is 24.2. The standard InChI is InChI=1S/C14H18N2O4/c15-12-9-11(10-17)1-2-13(12)20-6-3-14(18)16-4-7-19-8-5-16/h1-2,9-10H,3-8,15H2. The van der Waals surface area contributed by atoms with Crippen LogP contribution < -0.4 is 10.5 Å². The summed E-state index contributed by atoms with van der Waals surface area (Å²) in [5.41, 5.74) is 6.66. The van der Waals surface area contributed by atoms with Gasteiger partial charge in [-0.25, -0.2) is 0 Å². The molecule has 0 saturated carbocycles. The Bertz CT molecular complexity index is 484. The van der Waals surface area contributed by atoms with Crippen molar-refractivity contribution in [3.8, 4) is 5.75 Å². The first-order valence-electron chi connectivity index (χ1n) is 6.53. The van der Waals surface area contributed by atoms with Crippen LogP contribution in [-0.2, 0) is 9.53 Å². The third kappa shape index (κ3) is 3.71. The van der Waals surface area contributed by atoms with Crippen molar-refractivity contribution in [3.05, 3.63) is 23.8 Å². The van der Waals surface area contributed by atoms with E-state index in [2.05, 4.69) is 0 Å². The lowest BCUT2D eigenvalue weighted by Crippen LogP contribution is -2.41. The lowest BCUT2D eigenvalue weighted by atomic mass is 10.2. The molecule has 0 radical (unpaired) electrons. The molecule has 1 amide bonds. The highest BCUT2D eigenvalue weighted by atomic mass is 16.5. The van der Waals surface area contributed by atoms with Gasteiger partial charge in [0.25, 0.3) is 0 Å². The SMILES string of the molecule is Nc1cc(C=O)ccc1OCCC(=O)N1CCOCC1. The third-order valence-corrected chi connectivity index (χ3v) is 3.11. The molecule has 1 aromatic rings. The topological polar surface area (TPSA) is 81.9 Å². The molecule has 108 valence electrons. The van der Waals surface area contributed by atoms with Crippen LogP contribution in [-0.4, -0.2) is 50.0 Å². The van der Waals surface area contributed by atoms with E-state index in [1.807, 2.05) is 0 Å². The molecule has 1 aromatic carbocycles. The van der Waals surface area contributed by atoms with Gasteiger partial charge in [0.05, 0.1) is 31.9 Å².